The second-order valence-corrected chi connectivity index (χ2v) is 4.65. The van der Waals surface area contributed by atoms with Crippen LogP contribution in [0, 0.1) is 17.8 Å². The highest BCUT2D eigenvalue weighted by Gasteiger charge is 2.28. The number of aliphatic hydroxyl groups is 1. The van der Waals surface area contributed by atoms with Crippen LogP contribution >= 0.6 is 0 Å². The van der Waals surface area contributed by atoms with Crippen molar-refractivity contribution >= 4 is 0 Å². The van der Waals surface area contributed by atoms with Gasteiger partial charge in [-0.1, -0.05) is 0 Å². The summed E-state index contributed by atoms with van der Waals surface area (Å²) in [7, 11) is 0. The lowest BCUT2D eigenvalue weighted by Crippen LogP contribution is -2.41. The van der Waals surface area contributed by atoms with Crippen LogP contribution in [0.15, 0.2) is 0 Å². The lowest BCUT2D eigenvalue weighted by atomic mass is 9.78. The molecule has 2 unspecified atom stereocenters. The summed E-state index contributed by atoms with van der Waals surface area (Å²) in [5.74, 6) is 2.08. The van der Waals surface area contributed by atoms with Gasteiger partial charge < -0.3 is 15.2 Å². The molecule has 2 aliphatic heterocycles. The Bertz CT molecular complexity index is 169. The van der Waals surface area contributed by atoms with Gasteiger partial charge in [0.05, 0.1) is 0 Å². The zero-order valence-electron chi connectivity index (χ0n) is 8.74. The van der Waals surface area contributed by atoms with Crippen molar-refractivity contribution in [1.82, 2.24) is 5.32 Å². The van der Waals surface area contributed by atoms with Gasteiger partial charge in [0, 0.05) is 26.4 Å². The highest BCUT2D eigenvalue weighted by atomic mass is 16.5. The van der Waals surface area contributed by atoms with Crippen molar-refractivity contribution in [1.29, 1.82) is 0 Å². The molecule has 0 bridgehead atoms. The van der Waals surface area contributed by atoms with Gasteiger partial charge >= 0.3 is 0 Å². The first-order valence-corrected chi connectivity index (χ1v) is 5.79. The van der Waals surface area contributed by atoms with Crippen molar-refractivity contribution in [3.8, 4) is 0 Å². The Morgan fingerprint density at radius 2 is 1.93 bits per heavy atom. The molecule has 2 aliphatic rings. The first-order valence-electron chi connectivity index (χ1n) is 5.79. The van der Waals surface area contributed by atoms with Gasteiger partial charge in [-0.15, -0.1) is 0 Å². The van der Waals surface area contributed by atoms with Crippen LogP contribution in [0.2, 0.25) is 0 Å². The number of hydrogen-bond donors (Lipinski definition) is 2. The lowest BCUT2D eigenvalue weighted by molar-refractivity contribution is 0.0328. The van der Waals surface area contributed by atoms with E-state index in [0.29, 0.717) is 12.5 Å². The van der Waals surface area contributed by atoms with Crippen LogP contribution in [0.25, 0.3) is 0 Å². The molecule has 0 aromatic heterocycles. The number of ether oxygens (including phenoxy) is 1. The molecule has 2 heterocycles. The second kappa shape index (κ2) is 5.10. The minimum atomic E-state index is 0.340. The largest absolute Gasteiger partial charge is 0.396 e. The van der Waals surface area contributed by atoms with Crippen LogP contribution in [0.3, 0.4) is 0 Å². The van der Waals surface area contributed by atoms with Crippen molar-refractivity contribution in [2.45, 2.75) is 19.3 Å². The Kier molecular flexibility index (Phi) is 3.79. The molecule has 0 radical (unpaired) electrons. The highest BCUT2D eigenvalue weighted by molar-refractivity contribution is 4.81. The van der Waals surface area contributed by atoms with Crippen molar-refractivity contribution < 1.29 is 9.84 Å². The number of hydrogen-bond acceptors (Lipinski definition) is 3. The summed E-state index contributed by atoms with van der Waals surface area (Å²) in [6.45, 7) is 4.35. The molecule has 2 atom stereocenters. The second-order valence-electron chi connectivity index (χ2n) is 4.65. The molecule has 2 fully saturated rings. The standard InChI is InChI=1S/C11H21NO2/c13-8-9-5-11(7-12-6-9)10-1-3-14-4-2-10/h9-13H,1-8H2. The van der Waals surface area contributed by atoms with E-state index in [4.69, 9.17) is 9.84 Å². The van der Waals surface area contributed by atoms with Crippen molar-refractivity contribution in [2.24, 2.45) is 17.8 Å². The minimum absolute atomic E-state index is 0.340. The molecule has 3 nitrogen and oxygen atoms in total. The van der Waals surface area contributed by atoms with E-state index < -0.39 is 0 Å². The Hall–Kier alpha value is -0.120. The molecule has 0 amide bonds. The van der Waals surface area contributed by atoms with Gasteiger partial charge in [-0.05, 0) is 43.6 Å². The van der Waals surface area contributed by atoms with E-state index >= 15 is 0 Å². The van der Waals surface area contributed by atoms with E-state index in [-0.39, 0.29) is 0 Å². The van der Waals surface area contributed by atoms with Crippen LogP contribution in [0.1, 0.15) is 19.3 Å². The van der Waals surface area contributed by atoms with Gasteiger partial charge in [-0.2, -0.15) is 0 Å². The quantitative estimate of drug-likeness (QED) is 0.685. The molecule has 0 saturated carbocycles. The van der Waals surface area contributed by atoms with E-state index in [1.807, 2.05) is 0 Å². The third-order valence-electron chi connectivity index (χ3n) is 3.67. The molecule has 14 heavy (non-hydrogen) atoms. The summed E-state index contributed by atoms with van der Waals surface area (Å²) in [5.41, 5.74) is 0. The first-order chi connectivity index (χ1) is 6.90. The first kappa shape index (κ1) is 10.4. The maximum absolute atomic E-state index is 9.14. The number of aliphatic hydroxyl groups excluding tert-OH is 1. The third-order valence-corrected chi connectivity index (χ3v) is 3.67. The van der Waals surface area contributed by atoms with Gasteiger partial charge in [-0.25, -0.2) is 0 Å². The summed E-state index contributed by atoms with van der Waals surface area (Å²) in [4.78, 5) is 0. The molecule has 0 spiro atoms. The molecule has 2 N–H and O–H groups in total. The predicted molar refractivity (Wildman–Crippen MR) is 55.1 cm³/mol. The van der Waals surface area contributed by atoms with Crippen molar-refractivity contribution in [2.75, 3.05) is 32.9 Å². The summed E-state index contributed by atoms with van der Waals surface area (Å²) >= 11 is 0. The molecule has 82 valence electrons. The summed E-state index contributed by atoms with van der Waals surface area (Å²) < 4.78 is 5.37. The fourth-order valence-electron chi connectivity index (χ4n) is 2.75. The van der Waals surface area contributed by atoms with Gasteiger partial charge in [0.25, 0.3) is 0 Å². The molecular weight excluding hydrogens is 178 g/mol. The Morgan fingerprint density at radius 1 is 1.14 bits per heavy atom. The molecule has 2 rings (SSSR count). The van der Waals surface area contributed by atoms with Crippen molar-refractivity contribution in [3.05, 3.63) is 0 Å². The Labute approximate surface area is 85.8 Å². The molecular formula is C11H21NO2. The normalized spacial score (nSPS) is 35.8. The van der Waals surface area contributed by atoms with Gasteiger partial charge in [-0.3, -0.25) is 0 Å². The SMILES string of the molecule is OCC1CNCC(C2CCOCC2)C1. The molecule has 0 aromatic carbocycles. The maximum Gasteiger partial charge on any atom is 0.0471 e. The summed E-state index contributed by atoms with van der Waals surface area (Å²) in [6, 6.07) is 0. The average Bonchev–Trinajstić information content (AvgIpc) is 2.30. The van der Waals surface area contributed by atoms with E-state index in [1.54, 1.807) is 0 Å². The Balaban J connectivity index is 1.83. The topological polar surface area (TPSA) is 41.5 Å². The van der Waals surface area contributed by atoms with Crippen LogP contribution in [0.5, 0.6) is 0 Å². The zero-order valence-corrected chi connectivity index (χ0v) is 8.74. The lowest BCUT2D eigenvalue weighted by Gasteiger charge is -2.36. The van der Waals surface area contributed by atoms with E-state index in [0.717, 1.165) is 38.1 Å². The monoisotopic (exact) mass is 199 g/mol. The van der Waals surface area contributed by atoms with E-state index in [2.05, 4.69) is 5.32 Å². The number of rotatable bonds is 2. The number of nitrogens with one attached hydrogen (secondary N) is 1. The van der Waals surface area contributed by atoms with Gasteiger partial charge in [0.1, 0.15) is 0 Å². The minimum Gasteiger partial charge on any atom is -0.396 e. The fourth-order valence-corrected chi connectivity index (χ4v) is 2.75. The maximum atomic E-state index is 9.14. The van der Waals surface area contributed by atoms with E-state index in [9.17, 15) is 0 Å². The third kappa shape index (κ3) is 2.47. The van der Waals surface area contributed by atoms with Crippen molar-refractivity contribution in [3.63, 3.8) is 0 Å². The van der Waals surface area contributed by atoms with Crippen LogP contribution < -0.4 is 5.32 Å². The summed E-state index contributed by atoms with van der Waals surface area (Å²) in [6.07, 6.45) is 3.63. The fraction of sp³-hybridized carbons (Fsp3) is 1.00. The highest BCUT2D eigenvalue weighted by Crippen LogP contribution is 2.30. The molecule has 2 saturated heterocycles. The van der Waals surface area contributed by atoms with E-state index in [1.165, 1.54) is 19.3 Å². The van der Waals surface area contributed by atoms with Gasteiger partial charge in [0.15, 0.2) is 0 Å². The smallest absolute Gasteiger partial charge is 0.0471 e. The van der Waals surface area contributed by atoms with Gasteiger partial charge in [0.2, 0.25) is 0 Å². The Morgan fingerprint density at radius 3 is 2.64 bits per heavy atom. The predicted octanol–water partition coefficient (Wildman–Crippen LogP) is 0.631. The van der Waals surface area contributed by atoms with Crippen LogP contribution in [0.4, 0.5) is 0 Å². The summed E-state index contributed by atoms with van der Waals surface area (Å²) in [5, 5.41) is 12.6. The van der Waals surface area contributed by atoms with Crippen LogP contribution in [-0.4, -0.2) is 38.0 Å². The number of piperidine rings is 1. The average molecular weight is 199 g/mol. The molecule has 0 aliphatic carbocycles. The van der Waals surface area contributed by atoms with Crippen LogP contribution in [-0.2, 0) is 4.74 Å². The molecule has 0 aromatic rings. The zero-order chi connectivity index (χ0) is 9.80. The molecule has 3 heteroatoms.